The van der Waals surface area contributed by atoms with E-state index in [-0.39, 0.29) is 31.1 Å². The molecular formula is C26H28FN5O6. The molecule has 1 saturated heterocycles. The fraction of sp³-hybridized carbons (Fsp3) is 0.423. The van der Waals surface area contributed by atoms with Crippen molar-refractivity contribution in [1.29, 1.82) is 0 Å². The Labute approximate surface area is 217 Å². The lowest BCUT2D eigenvalue weighted by Crippen LogP contribution is -2.45. The summed E-state index contributed by atoms with van der Waals surface area (Å²) in [6.07, 6.45) is 4.90. The van der Waals surface area contributed by atoms with E-state index in [2.05, 4.69) is 24.7 Å². The van der Waals surface area contributed by atoms with Crippen molar-refractivity contribution in [3.05, 3.63) is 48.2 Å². The van der Waals surface area contributed by atoms with Gasteiger partial charge in [-0.2, -0.15) is 4.98 Å². The number of hydrogen-bond acceptors (Lipinski definition) is 9. The summed E-state index contributed by atoms with van der Waals surface area (Å²) in [4.78, 5) is 40.0. The zero-order valence-electron chi connectivity index (χ0n) is 20.8. The van der Waals surface area contributed by atoms with Crippen molar-refractivity contribution < 1.29 is 32.9 Å². The molecule has 38 heavy (non-hydrogen) atoms. The Kier molecular flexibility index (Phi) is 7.34. The second kappa shape index (κ2) is 10.8. The first-order chi connectivity index (χ1) is 18.3. The number of aromatic nitrogens is 4. The molecule has 3 heterocycles. The molecule has 1 aromatic carbocycles. The summed E-state index contributed by atoms with van der Waals surface area (Å²) in [7, 11) is 0. The molecule has 12 heteroatoms. The highest BCUT2D eigenvalue weighted by atomic mass is 19.1. The average Bonchev–Trinajstić information content (AvgIpc) is 3.35. The minimum atomic E-state index is -1.22. The molecule has 2 aliphatic rings. The molecule has 11 nitrogen and oxygen atoms in total. The van der Waals surface area contributed by atoms with Gasteiger partial charge in [0.15, 0.2) is 5.82 Å². The largest absolute Gasteiger partial charge is 0.460 e. The Morgan fingerprint density at radius 3 is 2.47 bits per heavy atom. The molecule has 3 aromatic rings. The molecule has 0 bridgehead atoms. The van der Waals surface area contributed by atoms with Crippen LogP contribution in [0, 0.1) is 11.2 Å². The maximum absolute atomic E-state index is 13.6. The van der Waals surface area contributed by atoms with Gasteiger partial charge in [-0.3, -0.25) is 4.79 Å². The van der Waals surface area contributed by atoms with Gasteiger partial charge >= 0.3 is 18.1 Å². The van der Waals surface area contributed by atoms with Crippen molar-refractivity contribution in [2.45, 2.75) is 51.4 Å². The van der Waals surface area contributed by atoms with Gasteiger partial charge < -0.3 is 29.7 Å². The topological polar surface area (TPSA) is 152 Å². The van der Waals surface area contributed by atoms with Crippen LogP contribution in [0.25, 0.3) is 22.6 Å². The van der Waals surface area contributed by atoms with Crippen LogP contribution >= 0.6 is 0 Å². The number of ether oxygens (including phenoxy) is 4. The van der Waals surface area contributed by atoms with Gasteiger partial charge in [0.05, 0.1) is 30.3 Å². The molecule has 3 N–H and O–H groups in total. The number of amides is 1. The Bertz CT molecular complexity index is 1300. The highest BCUT2D eigenvalue weighted by molar-refractivity contribution is 5.87. The SMILES string of the molecule is CC1(C(=O)OC(N)=O)COC(c2nc(-c3ccc(F)cc3)c(-c3ccnc(OC4CCCCC4)n3)[nH]2)OC1. The van der Waals surface area contributed by atoms with Gasteiger partial charge in [0.1, 0.15) is 17.3 Å². The summed E-state index contributed by atoms with van der Waals surface area (Å²) in [6.45, 7) is 1.35. The van der Waals surface area contributed by atoms with E-state index in [9.17, 15) is 14.0 Å². The lowest BCUT2D eigenvalue weighted by molar-refractivity contribution is -0.236. The van der Waals surface area contributed by atoms with Crippen molar-refractivity contribution in [1.82, 2.24) is 19.9 Å². The molecule has 0 radical (unpaired) electrons. The molecule has 0 atom stereocenters. The van der Waals surface area contributed by atoms with Crippen molar-refractivity contribution in [3.63, 3.8) is 0 Å². The van der Waals surface area contributed by atoms with Crippen LogP contribution in [0.2, 0.25) is 0 Å². The zero-order chi connectivity index (χ0) is 26.7. The van der Waals surface area contributed by atoms with E-state index in [4.69, 9.17) is 19.9 Å². The molecule has 0 unspecified atom stereocenters. The van der Waals surface area contributed by atoms with Crippen LogP contribution in [-0.2, 0) is 19.0 Å². The van der Waals surface area contributed by atoms with Gasteiger partial charge in [-0.15, -0.1) is 0 Å². The number of carbonyl (C=O) groups is 2. The van der Waals surface area contributed by atoms with Crippen molar-refractivity contribution >= 4 is 12.1 Å². The third-order valence-corrected chi connectivity index (χ3v) is 6.57. The number of hydrogen-bond donors (Lipinski definition) is 2. The monoisotopic (exact) mass is 525 g/mol. The van der Waals surface area contributed by atoms with Crippen LogP contribution in [0.15, 0.2) is 36.5 Å². The van der Waals surface area contributed by atoms with Crippen molar-refractivity contribution in [3.8, 4) is 28.7 Å². The summed E-state index contributed by atoms with van der Waals surface area (Å²) >= 11 is 0. The zero-order valence-corrected chi connectivity index (χ0v) is 20.8. The second-order valence-corrected chi connectivity index (χ2v) is 9.68. The predicted molar refractivity (Wildman–Crippen MR) is 131 cm³/mol. The number of carbonyl (C=O) groups excluding carboxylic acids is 2. The number of halogens is 1. The van der Waals surface area contributed by atoms with Crippen LogP contribution in [0.4, 0.5) is 9.18 Å². The first-order valence-corrected chi connectivity index (χ1v) is 12.4. The number of primary amides is 1. The lowest BCUT2D eigenvalue weighted by Gasteiger charge is -2.34. The van der Waals surface area contributed by atoms with Gasteiger partial charge in [-0.05, 0) is 62.9 Å². The Morgan fingerprint density at radius 1 is 1.08 bits per heavy atom. The number of imidazole rings is 1. The van der Waals surface area contributed by atoms with Gasteiger partial charge in [0.2, 0.25) is 6.29 Å². The molecule has 5 rings (SSSR count). The van der Waals surface area contributed by atoms with Crippen LogP contribution in [-0.4, -0.2) is 51.3 Å². The molecule has 200 valence electrons. The number of H-pyrrole nitrogens is 1. The summed E-state index contributed by atoms with van der Waals surface area (Å²) in [5.41, 5.74) is 5.93. The molecule has 1 aliphatic heterocycles. The molecule has 2 fully saturated rings. The normalized spacial score (nSPS) is 22.1. The van der Waals surface area contributed by atoms with Crippen LogP contribution in [0.5, 0.6) is 6.01 Å². The molecule has 1 aliphatic carbocycles. The number of nitrogens with two attached hydrogens (primary N) is 1. The predicted octanol–water partition coefficient (Wildman–Crippen LogP) is 4.06. The maximum atomic E-state index is 13.6. The summed E-state index contributed by atoms with van der Waals surface area (Å²) in [6, 6.07) is 7.89. The van der Waals surface area contributed by atoms with E-state index in [1.165, 1.54) is 18.6 Å². The van der Waals surface area contributed by atoms with Crippen molar-refractivity contribution in [2.75, 3.05) is 13.2 Å². The smallest absolute Gasteiger partial charge is 0.412 e. The standard InChI is InChI=1S/C26H28FN5O6/c1-26(23(33)38-24(28)34)13-35-22(36-14-26)21-31-19(15-7-9-16(27)10-8-15)20(32-21)18-11-12-29-25(30-18)37-17-5-3-2-4-6-17/h7-12,17,22H,2-6,13-14H2,1H3,(H2,28,34)(H,31,32). The summed E-state index contributed by atoms with van der Waals surface area (Å²) in [5.74, 6) is -0.905. The molecule has 2 aromatic heterocycles. The van der Waals surface area contributed by atoms with Crippen LogP contribution < -0.4 is 10.5 Å². The van der Waals surface area contributed by atoms with Crippen molar-refractivity contribution in [2.24, 2.45) is 11.1 Å². The van der Waals surface area contributed by atoms with E-state index in [1.807, 2.05) is 0 Å². The van der Waals surface area contributed by atoms with E-state index < -0.39 is 23.8 Å². The average molecular weight is 526 g/mol. The van der Waals surface area contributed by atoms with Gasteiger partial charge in [0.25, 0.3) is 0 Å². The minimum Gasteiger partial charge on any atom is -0.460 e. The highest BCUT2D eigenvalue weighted by Crippen LogP contribution is 2.36. The number of nitrogens with one attached hydrogen (secondary N) is 1. The van der Waals surface area contributed by atoms with E-state index in [0.717, 1.165) is 25.7 Å². The highest BCUT2D eigenvalue weighted by Gasteiger charge is 2.43. The Balaban J connectivity index is 1.42. The molecule has 1 amide bonds. The van der Waals surface area contributed by atoms with E-state index in [1.54, 1.807) is 31.3 Å². The van der Waals surface area contributed by atoms with E-state index >= 15 is 0 Å². The fourth-order valence-electron chi connectivity index (χ4n) is 4.47. The number of nitrogens with zero attached hydrogens (tertiary/aromatic N) is 3. The minimum absolute atomic E-state index is 0.0764. The third-order valence-electron chi connectivity index (χ3n) is 6.57. The maximum Gasteiger partial charge on any atom is 0.412 e. The Morgan fingerprint density at radius 2 is 1.79 bits per heavy atom. The summed E-state index contributed by atoms with van der Waals surface area (Å²) in [5, 5.41) is 0. The lowest BCUT2D eigenvalue weighted by atomic mass is 9.92. The molecule has 1 saturated carbocycles. The van der Waals surface area contributed by atoms with E-state index in [0.29, 0.717) is 28.5 Å². The molecular weight excluding hydrogens is 497 g/mol. The number of aromatic amines is 1. The van der Waals surface area contributed by atoms with Crippen LogP contribution in [0.3, 0.4) is 0 Å². The fourth-order valence-corrected chi connectivity index (χ4v) is 4.47. The number of benzene rings is 1. The third kappa shape index (κ3) is 5.65. The quantitative estimate of drug-likeness (QED) is 0.358. The second-order valence-electron chi connectivity index (χ2n) is 9.68. The number of esters is 1. The Hall–Kier alpha value is -3.90. The van der Waals surface area contributed by atoms with Gasteiger partial charge in [-0.1, -0.05) is 6.42 Å². The van der Waals surface area contributed by atoms with Gasteiger partial charge in [0, 0.05) is 11.8 Å². The first-order valence-electron chi connectivity index (χ1n) is 12.4. The number of rotatable bonds is 6. The summed E-state index contributed by atoms with van der Waals surface area (Å²) < 4.78 is 35.8. The first kappa shape index (κ1) is 25.7. The van der Waals surface area contributed by atoms with Crippen LogP contribution in [0.1, 0.15) is 51.1 Å². The van der Waals surface area contributed by atoms with Gasteiger partial charge in [-0.25, -0.2) is 19.2 Å². The molecule has 0 spiro atoms.